The lowest BCUT2D eigenvalue weighted by atomic mass is 9.98. The summed E-state index contributed by atoms with van der Waals surface area (Å²) in [6.07, 6.45) is 0.321. The predicted octanol–water partition coefficient (Wildman–Crippen LogP) is 3.31. The molecule has 10 heteroatoms. The average molecular weight is 534 g/mol. The number of para-hydroxylation sites is 2. The van der Waals surface area contributed by atoms with Crippen molar-refractivity contribution in [2.45, 2.75) is 6.42 Å². The van der Waals surface area contributed by atoms with Gasteiger partial charge >= 0.3 is 5.97 Å². The smallest absolute Gasteiger partial charge is 0.325 e. The van der Waals surface area contributed by atoms with E-state index in [1.54, 1.807) is 53.2 Å². The van der Waals surface area contributed by atoms with Crippen molar-refractivity contribution in [2.75, 3.05) is 19.0 Å². The number of fused-ring (bicyclic) bond motifs is 3. The van der Waals surface area contributed by atoms with Crippen molar-refractivity contribution < 1.29 is 23.9 Å². The first-order valence-corrected chi connectivity index (χ1v) is 12.4. The summed E-state index contributed by atoms with van der Waals surface area (Å²) in [4.78, 5) is 50.8. The van der Waals surface area contributed by atoms with E-state index >= 15 is 0 Å². The number of nitrogens with zero attached hydrogens (tertiary/aromatic N) is 3. The number of methoxy groups -OCH3 is 1. The minimum Gasteiger partial charge on any atom is -0.468 e. The highest BCUT2D eigenvalue weighted by Crippen LogP contribution is 2.41. The molecule has 5 rings (SSSR count). The van der Waals surface area contributed by atoms with E-state index in [0.29, 0.717) is 40.2 Å². The van der Waals surface area contributed by atoms with Gasteiger partial charge in [-0.25, -0.2) is 4.68 Å². The Balaban J connectivity index is 1.54. The number of carbonyl (C=O) groups excluding carboxylic acids is 4. The normalized spacial score (nSPS) is 11.9. The molecule has 0 fully saturated rings. The molecule has 1 aliphatic rings. The second kappa shape index (κ2) is 11.0. The summed E-state index contributed by atoms with van der Waals surface area (Å²) < 4.78 is 6.17. The molecule has 0 bridgehead atoms. The van der Waals surface area contributed by atoms with Gasteiger partial charge in [0.1, 0.15) is 12.2 Å². The van der Waals surface area contributed by atoms with E-state index in [2.05, 4.69) is 20.5 Å². The van der Waals surface area contributed by atoms with Crippen LogP contribution in [0, 0.1) is 17.2 Å². The summed E-state index contributed by atoms with van der Waals surface area (Å²) in [5.41, 5.74) is 4.12. The number of hydrogen-bond acceptors (Lipinski definition) is 7. The molecule has 1 aliphatic carbocycles. The van der Waals surface area contributed by atoms with Crippen LogP contribution in [0.4, 0.5) is 5.69 Å². The Bertz CT molecular complexity index is 1670. The molecule has 2 amide bonds. The maximum Gasteiger partial charge on any atom is 0.325 e. The van der Waals surface area contributed by atoms with E-state index in [1.165, 1.54) is 7.11 Å². The third kappa shape index (κ3) is 4.96. The number of anilines is 1. The van der Waals surface area contributed by atoms with Crippen molar-refractivity contribution in [3.8, 4) is 23.0 Å². The van der Waals surface area contributed by atoms with Crippen LogP contribution in [0.15, 0.2) is 78.9 Å². The highest BCUT2D eigenvalue weighted by atomic mass is 16.5. The SMILES string of the molecule is COC(=O)CNC(=O)c1ccc2c(c1)-c1c(c(C(=O)C(C#N)C(=O)Nc3ccccc3)nn1-c1ccccc1)C2. The van der Waals surface area contributed by atoms with Gasteiger partial charge in [-0.2, -0.15) is 10.4 Å². The Hall–Kier alpha value is -5.56. The lowest BCUT2D eigenvalue weighted by Gasteiger charge is -2.10. The highest BCUT2D eigenvalue weighted by molar-refractivity contribution is 6.16. The number of rotatable bonds is 8. The largest absolute Gasteiger partial charge is 0.468 e. The lowest BCUT2D eigenvalue weighted by molar-refractivity contribution is -0.139. The van der Waals surface area contributed by atoms with Crippen molar-refractivity contribution in [1.29, 1.82) is 5.26 Å². The number of ketones is 1. The number of aromatic nitrogens is 2. The monoisotopic (exact) mass is 533 g/mol. The molecular weight excluding hydrogens is 510 g/mol. The molecule has 0 saturated heterocycles. The summed E-state index contributed by atoms with van der Waals surface area (Å²) in [6.45, 7) is -0.279. The van der Waals surface area contributed by atoms with Crippen molar-refractivity contribution in [3.63, 3.8) is 0 Å². The number of ether oxygens (including phenoxy) is 1. The fourth-order valence-electron chi connectivity index (χ4n) is 4.57. The van der Waals surface area contributed by atoms with E-state index in [9.17, 15) is 24.4 Å². The van der Waals surface area contributed by atoms with Crippen molar-refractivity contribution in [2.24, 2.45) is 5.92 Å². The second-order valence-corrected chi connectivity index (χ2v) is 9.01. The Morgan fingerprint density at radius 2 is 1.73 bits per heavy atom. The first-order valence-electron chi connectivity index (χ1n) is 12.4. The molecule has 0 spiro atoms. The standard InChI is InChI=1S/C30H23N5O5/c1-40-25(36)17-32-29(38)19-13-12-18-14-23-26(28(37)24(16-31)30(39)33-20-8-4-2-5-9-20)34-35(27(23)22(18)15-19)21-10-6-3-7-11-21/h2-13,15,24H,14,17H2,1H3,(H,32,38)(H,33,39). The van der Waals surface area contributed by atoms with Gasteiger partial charge in [0.25, 0.3) is 5.91 Å². The minimum atomic E-state index is -1.62. The van der Waals surface area contributed by atoms with Gasteiger partial charge in [-0.05, 0) is 42.0 Å². The van der Waals surface area contributed by atoms with Gasteiger partial charge in [0.15, 0.2) is 5.92 Å². The Kier molecular flexibility index (Phi) is 7.20. The number of esters is 1. The number of Topliss-reactive ketones (excluding diaryl/α,β-unsaturated/α-hetero) is 1. The van der Waals surface area contributed by atoms with Crippen molar-refractivity contribution in [3.05, 3.63) is 101 Å². The Morgan fingerprint density at radius 1 is 1.02 bits per heavy atom. The van der Waals surface area contributed by atoms with E-state index in [1.807, 2.05) is 36.4 Å². The van der Waals surface area contributed by atoms with Gasteiger partial charge in [0, 0.05) is 28.8 Å². The van der Waals surface area contributed by atoms with Gasteiger partial charge in [-0.1, -0.05) is 42.5 Å². The topological polar surface area (TPSA) is 143 Å². The maximum absolute atomic E-state index is 13.6. The van der Waals surface area contributed by atoms with Crippen LogP contribution in [0.25, 0.3) is 16.9 Å². The Labute approximate surface area is 229 Å². The molecule has 0 aliphatic heterocycles. The third-order valence-electron chi connectivity index (χ3n) is 6.53. The van der Waals surface area contributed by atoms with E-state index in [0.717, 1.165) is 5.56 Å². The number of benzene rings is 3. The quantitative estimate of drug-likeness (QED) is 0.177. The van der Waals surface area contributed by atoms with E-state index in [-0.39, 0.29) is 12.2 Å². The first kappa shape index (κ1) is 26.1. The Morgan fingerprint density at radius 3 is 2.40 bits per heavy atom. The van der Waals surface area contributed by atoms with E-state index in [4.69, 9.17) is 0 Å². The van der Waals surface area contributed by atoms with Crippen LogP contribution in [0.1, 0.15) is 32.0 Å². The zero-order chi connectivity index (χ0) is 28.2. The van der Waals surface area contributed by atoms with Gasteiger partial charge in [-0.3, -0.25) is 19.2 Å². The summed E-state index contributed by atoms with van der Waals surface area (Å²) in [7, 11) is 1.23. The number of nitrogens with one attached hydrogen (secondary N) is 2. The molecule has 40 heavy (non-hydrogen) atoms. The van der Waals surface area contributed by atoms with Gasteiger partial charge < -0.3 is 15.4 Å². The third-order valence-corrected chi connectivity index (χ3v) is 6.53. The minimum absolute atomic E-state index is 0.0153. The molecular formula is C30H23N5O5. The van der Waals surface area contributed by atoms with Crippen molar-refractivity contribution >= 4 is 29.3 Å². The molecule has 10 nitrogen and oxygen atoms in total. The van der Waals surface area contributed by atoms with Gasteiger partial charge in [-0.15, -0.1) is 0 Å². The van der Waals surface area contributed by atoms with E-state index < -0.39 is 29.5 Å². The number of hydrogen-bond donors (Lipinski definition) is 2. The molecule has 4 aromatic rings. The average Bonchev–Trinajstić information content (AvgIpc) is 3.54. The summed E-state index contributed by atoms with van der Waals surface area (Å²) in [6, 6.07) is 24.6. The molecule has 3 aromatic carbocycles. The molecule has 1 unspecified atom stereocenters. The van der Waals surface area contributed by atoms with Crippen LogP contribution < -0.4 is 10.6 Å². The van der Waals surface area contributed by atoms with Crippen LogP contribution in [-0.4, -0.2) is 47.0 Å². The molecule has 198 valence electrons. The summed E-state index contributed by atoms with van der Waals surface area (Å²) >= 11 is 0. The van der Waals surface area contributed by atoms with Crippen molar-refractivity contribution in [1.82, 2.24) is 15.1 Å². The zero-order valence-corrected chi connectivity index (χ0v) is 21.4. The zero-order valence-electron chi connectivity index (χ0n) is 21.4. The van der Waals surface area contributed by atoms with Crippen LogP contribution in [0.2, 0.25) is 0 Å². The van der Waals surface area contributed by atoms with Gasteiger partial charge in [0.05, 0.1) is 24.6 Å². The molecule has 1 atom stereocenters. The van der Waals surface area contributed by atoms with Crippen LogP contribution in [-0.2, 0) is 20.7 Å². The fraction of sp³-hybridized carbons (Fsp3) is 0.133. The number of carbonyl (C=O) groups is 4. The number of nitriles is 1. The molecule has 0 radical (unpaired) electrons. The van der Waals surface area contributed by atoms with Crippen LogP contribution >= 0.6 is 0 Å². The predicted molar refractivity (Wildman–Crippen MR) is 145 cm³/mol. The summed E-state index contributed by atoms with van der Waals surface area (Å²) in [5, 5.41) is 19.5. The number of amides is 2. The maximum atomic E-state index is 13.6. The summed E-state index contributed by atoms with van der Waals surface area (Å²) in [5.74, 6) is -4.13. The molecule has 0 saturated carbocycles. The van der Waals surface area contributed by atoms with Crippen LogP contribution in [0.3, 0.4) is 0 Å². The highest BCUT2D eigenvalue weighted by Gasteiger charge is 2.37. The molecule has 2 N–H and O–H groups in total. The molecule has 1 heterocycles. The fourth-order valence-corrected chi connectivity index (χ4v) is 4.57. The lowest BCUT2D eigenvalue weighted by Crippen LogP contribution is -2.30. The van der Waals surface area contributed by atoms with Gasteiger partial charge in [0.2, 0.25) is 11.7 Å². The first-order chi connectivity index (χ1) is 19.4. The second-order valence-electron chi connectivity index (χ2n) is 9.01. The van der Waals surface area contributed by atoms with Crippen LogP contribution in [0.5, 0.6) is 0 Å². The molecule has 1 aromatic heterocycles.